The van der Waals surface area contributed by atoms with Crippen LogP contribution in [0.5, 0.6) is 0 Å². The van der Waals surface area contributed by atoms with Gasteiger partial charge in [-0.15, -0.1) is 0 Å². The molecule has 0 aromatic heterocycles. The van der Waals surface area contributed by atoms with Crippen LogP contribution in [0, 0.1) is 27.6 Å². The molecule has 0 radical (unpaired) electrons. The van der Waals surface area contributed by atoms with Crippen LogP contribution in [0.1, 0.15) is 141 Å². The summed E-state index contributed by atoms with van der Waals surface area (Å²) in [5.41, 5.74) is 1.91. The third kappa shape index (κ3) is 11.0. The molecule has 0 amide bonds. The van der Waals surface area contributed by atoms with Crippen molar-refractivity contribution in [3.63, 3.8) is 0 Å². The summed E-state index contributed by atoms with van der Waals surface area (Å²) in [4.78, 5) is 0. The van der Waals surface area contributed by atoms with Gasteiger partial charge in [0, 0.05) is 0 Å². The molecule has 0 N–H and O–H groups in total. The minimum atomic E-state index is 0.435. The van der Waals surface area contributed by atoms with Crippen LogP contribution in [-0.4, -0.2) is 0 Å². The minimum Gasteiger partial charge on any atom is -0.0654 e. The van der Waals surface area contributed by atoms with Crippen LogP contribution in [0.15, 0.2) is 0 Å². The smallest absolute Gasteiger partial charge is 0.0303 e. The highest BCUT2D eigenvalue weighted by Crippen LogP contribution is 2.45. The van der Waals surface area contributed by atoms with Crippen molar-refractivity contribution in [2.45, 2.75) is 141 Å². The van der Waals surface area contributed by atoms with E-state index in [1.54, 1.807) is 0 Å². The summed E-state index contributed by atoms with van der Waals surface area (Å²) in [6.45, 7) is 30.7. The van der Waals surface area contributed by atoms with Crippen LogP contribution in [0.2, 0.25) is 0 Å². The molecule has 0 saturated heterocycles. The average molecular weight is 369 g/mol. The maximum absolute atomic E-state index is 2.41. The molecule has 0 aliphatic carbocycles. The Morgan fingerprint density at radius 2 is 0.923 bits per heavy atom. The molecule has 0 fully saturated rings. The largest absolute Gasteiger partial charge is 0.0654 e. The number of unbranched alkanes of at least 4 members (excludes halogenated alkanes) is 1. The molecule has 26 heavy (non-hydrogen) atoms. The van der Waals surface area contributed by atoms with Crippen molar-refractivity contribution in [3.8, 4) is 0 Å². The van der Waals surface area contributed by atoms with Gasteiger partial charge in [0.2, 0.25) is 0 Å². The van der Waals surface area contributed by atoms with E-state index in [1.165, 1.54) is 51.4 Å². The standard InChI is InChI=1S/C14H30.C12H26/c1-12(2)10-8-9-11-14(6,7)13(3,4)5;1-7-9-11(3,4)12(5,6)10-8-2/h12H,8-11H2,1-7H3;7-10H2,1-6H3. The molecule has 0 bridgehead atoms. The molecule has 0 nitrogen and oxygen atoms in total. The van der Waals surface area contributed by atoms with Crippen molar-refractivity contribution in [3.05, 3.63) is 0 Å². The van der Waals surface area contributed by atoms with Gasteiger partial charge < -0.3 is 0 Å². The lowest BCUT2D eigenvalue weighted by Crippen LogP contribution is -2.32. The third-order valence-corrected chi connectivity index (χ3v) is 7.45. The molecule has 0 aliphatic heterocycles. The van der Waals surface area contributed by atoms with Crippen molar-refractivity contribution in [2.24, 2.45) is 27.6 Å². The van der Waals surface area contributed by atoms with Crippen LogP contribution < -0.4 is 0 Å². The number of rotatable bonds is 10. The highest BCUT2D eigenvalue weighted by Gasteiger charge is 2.34. The quantitative estimate of drug-likeness (QED) is 0.336. The summed E-state index contributed by atoms with van der Waals surface area (Å²) in [6.07, 6.45) is 10.9. The Morgan fingerprint density at radius 3 is 1.19 bits per heavy atom. The fourth-order valence-electron chi connectivity index (χ4n) is 3.42. The zero-order chi connectivity index (χ0) is 21.2. The van der Waals surface area contributed by atoms with Crippen LogP contribution in [0.3, 0.4) is 0 Å². The lowest BCUT2D eigenvalue weighted by molar-refractivity contribution is 0.0863. The van der Waals surface area contributed by atoms with Crippen molar-refractivity contribution in [2.75, 3.05) is 0 Å². The molecule has 0 aliphatic rings. The van der Waals surface area contributed by atoms with Gasteiger partial charge in [0.15, 0.2) is 0 Å². The van der Waals surface area contributed by atoms with E-state index >= 15 is 0 Å². The predicted octanol–water partition coefficient (Wildman–Crippen LogP) is 9.91. The first-order valence-corrected chi connectivity index (χ1v) is 11.5. The molecule has 0 heterocycles. The van der Waals surface area contributed by atoms with E-state index in [0.717, 1.165) is 5.92 Å². The van der Waals surface area contributed by atoms with Crippen molar-refractivity contribution in [1.29, 1.82) is 0 Å². The predicted molar refractivity (Wildman–Crippen MR) is 124 cm³/mol. The van der Waals surface area contributed by atoms with E-state index in [9.17, 15) is 0 Å². The van der Waals surface area contributed by atoms with E-state index in [0.29, 0.717) is 21.7 Å². The van der Waals surface area contributed by atoms with Crippen LogP contribution in [-0.2, 0) is 0 Å². The SMILES string of the molecule is CC(C)CCCCC(C)(C)C(C)(C)C.CCCC(C)(C)C(C)(C)CCC. The van der Waals surface area contributed by atoms with E-state index in [4.69, 9.17) is 0 Å². The minimum absolute atomic E-state index is 0.435. The molecular weight excluding hydrogens is 312 g/mol. The summed E-state index contributed by atoms with van der Waals surface area (Å²) >= 11 is 0. The lowest BCUT2D eigenvalue weighted by Gasteiger charge is -2.42. The van der Waals surface area contributed by atoms with Gasteiger partial charge >= 0.3 is 0 Å². The van der Waals surface area contributed by atoms with Crippen LogP contribution in [0.25, 0.3) is 0 Å². The molecular formula is C26H56. The van der Waals surface area contributed by atoms with Gasteiger partial charge in [0.05, 0.1) is 0 Å². The molecule has 0 atom stereocenters. The average Bonchev–Trinajstić information content (AvgIpc) is 2.42. The van der Waals surface area contributed by atoms with E-state index in [-0.39, 0.29) is 0 Å². The Hall–Kier alpha value is 0. The van der Waals surface area contributed by atoms with Crippen molar-refractivity contribution in [1.82, 2.24) is 0 Å². The second kappa shape index (κ2) is 11.8. The highest BCUT2D eigenvalue weighted by molar-refractivity contribution is 4.85. The number of hydrogen-bond acceptors (Lipinski definition) is 0. The van der Waals surface area contributed by atoms with Gasteiger partial charge in [-0.3, -0.25) is 0 Å². The Kier molecular flexibility index (Phi) is 12.8. The molecule has 0 unspecified atom stereocenters. The zero-order valence-corrected chi connectivity index (χ0v) is 21.2. The van der Waals surface area contributed by atoms with Crippen LogP contribution >= 0.6 is 0 Å². The first-order chi connectivity index (χ1) is 11.5. The van der Waals surface area contributed by atoms with Gasteiger partial charge in [-0.1, -0.05) is 122 Å². The molecule has 0 rings (SSSR count). The molecule has 0 heteroatoms. The van der Waals surface area contributed by atoms with Gasteiger partial charge in [-0.2, -0.15) is 0 Å². The summed E-state index contributed by atoms with van der Waals surface area (Å²) in [5.74, 6) is 0.868. The zero-order valence-electron chi connectivity index (χ0n) is 21.2. The Labute approximate surface area is 169 Å². The maximum Gasteiger partial charge on any atom is -0.0303 e. The van der Waals surface area contributed by atoms with Gasteiger partial charge in [0.25, 0.3) is 0 Å². The second-order valence-electron chi connectivity index (χ2n) is 12.0. The topological polar surface area (TPSA) is 0 Å². The molecule has 160 valence electrons. The molecule has 0 aromatic carbocycles. The summed E-state index contributed by atoms with van der Waals surface area (Å²) in [5, 5.41) is 0. The Morgan fingerprint density at radius 1 is 0.538 bits per heavy atom. The summed E-state index contributed by atoms with van der Waals surface area (Å²) < 4.78 is 0. The summed E-state index contributed by atoms with van der Waals surface area (Å²) in [7, 11) is 0. The molecule has 0 aromatic rings. The monoisotopic (exact) mass is 368 g/mol. The van der Waals surface area contributed by atoms with E-state index in [1.807, 2.05) is 0 Å². The normalized spacial score (nSPS) is 13.6. The van der Waals surface area contributed by atoms with Gasteiger partial charge in [-0.25, -0.2) is 0 Å². The van der Waals surface area contributed by atoms with E-state index < -0.39 is 0 Å². The Bertz CT molecular complexity index is 320. The van der Waals surface area contributed by atoms with E-state index in [2.05, 4.69) is 90.0 Å². The highest BCUT2D eigenvalue weighted by atomic mass is 14.4. The molecule has 0 saturated carbocycles. The first kappa shape index (κ1) is 28.2. The number of hydrogen-bond donors (Lipinski definition) is 0. The van der Waals surface area contributed by atoms with Gasteiger partial charge in [0.1, 0.15) is 0 Å². The first-order valence-electron chi connectivity index (χ1n) is 11.5. The fourth-order valence-corrected chi connectivity index (χ4v) is 3.42. The fraction of sp³-hybridized carbons (Fsp3) is 1.00. The Balaban J connectivity index is 0. The molecule has 0 spiro atoms. The van der Waals surface area contributed by atoms with Crippen molar-refractivity contribution >= 4 is 0 Å². The maximum atomic E-state index is 2.41. The van der Waals surface area contributed by atoms with Gasteiger partial charge in [-0.05, 0) is 46.8 Å². The summed E-state index contributed by atoms with van der Waals surface area (Å²) in [6, 6.07) is 0. The van der Waals surface area contributed by atoms with Crippen molar-refractivity contribution < 1.29 is 0 Å². The van der Waals surface area contributed by atoms with Crippen LogP contribution in [0.4, 0.5) is 0 Å². The second-order valence-corrected chi connectivity index (χ2v) is 12.0. The lowest BCUT2D eigenvalue weighted by atomic mass is 9.64. The third-order valence-electron chi connectivity index (χ3n) is 7.45.